The van der Waals surface area contributed by atoms with Crippen molar-refractivity contribution in [2.45, 2.75) is 39.8 Å². The van der Waals surface area contributed by atoms with Gasteiger partial charge in [0.15, 0.2) is 0 Å². The lowest BCUT2D eigenvalue weighted by atomic mass is 10.1. The third-order valence-corrected chi connectivity index (χ3v) is 4.07. The summed E-state index contributed by atoms with van der Waals surface area (Å²) in [5.41, 5.74) is 1.26. The lowest BCUT2D eigenvalue weighted by molar-refractivity contribution is 0.471. The van der Waals surface area contributed by atoms with Crippen molar-refractivity contribution in [3.8, 4) is 0 Å². The minimum absolute atomic E-state index is 0.310. The van der Waals surface area contributed by atoms with Crippen molar-refractivity contribution in [2.75, 3.05) is 0 Å². The van der Waals surface area contributed by atoms with Crippen LogP contribution in [0.25, 0.3) is 0 Å². The van der Waals surface area contributed by atoms with Gasteiger partial charge in [0.2, 0.25) is 0 Å². The average Bonchev–Trinajstić information content (AvgIpc) is 2.87. The number of hydrogen-bond acceptors (Lipinski definition) is 3. The van der Waals surface area contributed by atoms with Gasteiger partial charge in [0.1, 0.15) is 11.5 Å². The number of hydrogen-bond donors (Lipinski definition) is 1. The Morgan fingerprint density at radius 2 is 2.00 bits per heavy atom. The van der Waals surface area contributed by atoms with Crippen molar-refractivity contribution in [1.82, 2.24) is 5.32 Å². The number of rotatable bonds is 4. The van der Waals surface area contributed by atoms with Crippen LogP contribution in [0.1, 0.15) is 47.9 Å². The number of aryl methyl sites for hydroxylation is 2. The molecule has 92 valence electrons. The quantitative estimate of drug-likeness (QED) is 0.870. The highest BCUT2D eigenvalue weighted by molar-refractivity contribution is 7.10. The molecule has 2 aromatic rings. The van der Waals surface area contributed by atoms with E-state index < -0.39 is 0 Å². The molecule has 2 rings (SSSR count). The summed E-state index contributed by atoms with van der Waals surface area (Å²) in [6.45, 7) is 8.40. The second kappa shape index (κ2) is 5.07. The Bertz CT molecular complexity index is 472. The first-order valence-corrected chi connectivity index (χ1v) is 6.82. The molecule has 0 aromatic carbocycles. The van der Waals surface area contributed by atoms with Crippen LogP contribution >= 0.6 is 11.3 Å². The molecular formula is C14H19NOS. The minimum atomic E-state index is 0.310. The fourth-order valence-electron chi connectivity index (χ4n) is 2.16. The summed E-state index contributed by atoms with van der Waals surface area (Å²) >= 11 is 1.79. The lowest BCUT2D eigenvalue weighted by Crippen LogP contribution is -2.21. The van der Waals surface area contributed by atoms with Gasteiger partial charge in [-0.15, -0.1) is 11.3 Å². The van der Waals surface area contributed by atoms with E-state index in [0.29, 0.717) is 12.1 Å². The Hall–Kier alpha value is -1.06. The van der Waals surface area contributed by atoms with Crippen molar-refractivity contribution in [2.24, 2.45) is 0 Å². The molecule has 0 saturated heterocycles. The second-order valence-corrected chi connectivity index (χ2v) is 5.47. The molecule has 0 bridgehead atoms. The van der Waals surface area contributed by atoms with E-state index in [2.05, 4.69) is 42.7 Å². The second-order valence-electron chi connectivity index (χ2n) is 4.49. The van der Waals surface area contributed by atoms with Gasteiger partial charge in [-0.1, -0.05) is 6.07 Å². The molecule has 0 aliphatic heterocycles. The van der Waals surface area contributed by atoms with Crippen molar-refractivity contribution in [3.63, 3.8) is 0 Å². The molecule has 1 N–H and O–H groups in total. The first kappa shape index (κ1) is 12.4. The van der Waals surface area contributed by atoms with Crippen LogP contribution in [0, 0.1) is 13.8 Å². The Morgan fingerprint density at radius 3 is 2.53 bits per heavy atom. The topological polar surface area (TPSA) is 25.2 Å². The zero-order chi connectivity index (χ0) is 12.4. The summed E-state index contributed by atoms with van der Waals surface area (Å²) in [4.78, 5) is 1.37. The van der Waals surface area contributed by atoms with Gasteiger partial charge in [-0.2, -0.15) is 0 Å². The molecule has 0 aliphatic carbocycles. The molecular weight excluding hydrogens is 230 g/mol. The molecule has 1 unspecified atom stereocenters. The zero-order valence-electron chi connectivity index (χ0n) is 10.8. The molecule has 0 spiro atoms. The summed E-state index contributed by atoms with van der Waals surface area (Å²) in [6.07, 6.45) is 0. The molecule has 2 atom stereocenters. The van der Waals surface area contributed by atoms with Gasteiger partial charge >= 0.3 is 0 Å². The molecule has 0 fully saturated rings. The van der Waals surface area contributed by atoms with E-state index in [1.165, 1.54) is 10.4 Å². The molecule has 0 radical (unpaired) electrons. The molecule has 2 heterocycles. The summed E-state index contributed by atoms with van der Waals surface area (Å²) in [7, 11) is 0. The van der Waals surface area contributed by atoms with Gasteiger partial charge in [-0.25, -0.2) is 0 Å². The Kier molecular flexibility index (Phi) is 3.69. The predicted molar refractivity (Wildman–Crippen MR) is 72.5 cm³/mol. The third kappa shape index (κ3) is 2.79. The van der Waals surface area contributed by atoms with Gasteiger partial charge in [-0.3, -0.25) is 0 Å². The van der Waals surface area contributed by atoms with Crippen LogP contribution in [0.15, 0.2) is 28.0 Å². The lowest BCUT2D eigenvalue weighted by Gasteiger charge is -2.18. The monoisotopic (exact) mass is 249 g/mol. The van der Waals surface area contributed by atoms with E-state index in [4.69, 9.17) is 4.42 Å². The number of nitrogens with one attached hydrogen (secondary N) is 1. The average molecular weight is 249 g/mol. The summed E-state index contributed by atoms with van der Waals surface area (Å²) in [5, 5.41) is 5.72. The van der Waals surface area contributed by atoms with E-state index in [0.717, 1.165) is 11.5 Å². The molecule has 0 aliphatic rings. The smallest absolute Gasteiger partial charge is 0.105 e. The van der Waals surface area contributed by atoms with Crippen LogP contribution < -0.4 is 5.32 Å². The summed E-state index contributed by atoms with van der Waals surface area (Å²) in [6, 6.07) is 7.07. The first-order valence-electron chi connectivity index (χ1n) is 5.94. The van der Waals surface area contributed by atoms with Crippen LogP contribution in [-0.2, 0) is 0 Å². The van der Waals surface area contributed by atoms with Gasteiger partial charge in [-0.05, 0) is 45.2 Å². The SMILES string of the molecule is Cc1cc(C(C)N[C@H](C)c2cccs2)c(C)o1. The Morgan fingerprint density at radius 1 is 1.24 bits per heavy atom. The van der Waals surface area contributed by atoms with E-state index in [1.807, 2.05) is 13.8 Å². The van der Waals surface area contributed by atoms with E-state index >= 15 is 0 Å². The van der Waals surface area contributed by atoms with E-state index in [-0.39, 0.29) is 0 Å². The summed E-state index contributed by atoms with van der Waals surface area (Å²) < 4.78 is 5.57. The van der Waals surface area contributed by atoms with Gasteiger partial charge in [0.25, 0.3) is 0 Å². The zero-order valence-corrected chi connectivity index (χ0v) is 11.6. The highest BCUT2D eigenvalue weighted by Crippen LogP contribution is 2.25. The fraction of sp³-hybridized carbons (Fsp3) is 0.429. The van der Waals surface area contributed by atoms with Crippen molar-refractivity contribution >= 4 is 11.3 Å². The van der Waals surface area contributed by atoms with Gasteiger partial charge in [0, 0.05) is 22.5 Å². The van der Waals surface area contributed by atoms with E-state index in [1.54, 1.807) is 11.3 Å². The minimum Gasteiger partial charge on any atom is -0.466 e. The Balaban J connectivity index is 2.06. The fourth-order valence-corrected chi connectivity index (χ4v) is 2.91. The standard InChI is InChI=1S/C14H19NOS/c1-9-8-13(12(4)16-9)10(2)15-11(3)14-6-5-7-17-14/h5-8,10-11,15H,1-4H3/t10?,11-/m1/s1. The normalized spacial score (nSPS) is 14.8. The maximum absolute atomic E-state index is 5.57. The summed E-state index contributed by atoms with van der Waals surface area (Å²) in [5.74, 6) is 2.00. The third-order valence-electron chi connectivity index (χ3n) is 3.02. The van der Waals surface area contributed by atoms with Crippen LogP contribution in [0.4, 0.5) is 0 Å². The largest absolute Gasteiger partial charge is 0.466 e. The maximum atomic E-state index is 5.57. The number of furan rings is 1. The van der Waals surface area contributed by atoms with Crippen molar-refractivity contribution in [3.05, 3.63) is 45.5 Å². The van der Waals surface area contributed by atoms with Crippen LogP contribution in [0.2, 0.25) is 0 Å². The van der Waals surface area contributed by atoms with Crippen LogP contribution in [0.3, 0.4) is 0 Å². The Labute approximate surface area is 107 Å². The number of thiophene rings is 1. The highest BCUT2D eigenvalue weighted by atomic mass is 32.1. The van der Waals surface area contributed by atoms with Crippen molar-refractivity contribution < 1.29 is 4.42 Å². The molecule has 2 nitrogen and oxygen atoms in total. The molecule has 0 saturated carbocycles. The van der Waals surface area contributed by atoms with Crippen LogP contribution in [0.5, 0.6) is 0 Å². The van der Waals surface area contributed by atoms with E-state index in [9.17, 15) is 0 Å². The van der Waals surface area contributed by atoms with Gasteiger partial charge in [0.05, 0.1) is 0 Å². The van der Waals surface area contributed by atoms with Crippen molar-refractivity contribution in [1.29, 1.82) is 0 Å². The van der Waals surface area contributed by atoms with Crippen LogP contribution in [-0.4, -0.2) is 0 Å². The predicted octanol–water partition coefficient (Wildman–Crippen LogP) is 4.37. The first-order chi connectivity index (χ1) is 8.08. The highest BCUT2D eigenvalue weighted by Gasteiger charge is 2.15. The molecule has 17 heavy (non-hydrogen) atoms. The molecule has 2 aromatic heterocycles. The maximum Gasteiger partial charge on any atom is 0.105 e. The molecule has 0 amide bonds. The van der Waals surface area contributed by atoms with Gasteiger partial charge < -0.3 is 9.73 Å². The molecule has 3 heteroatoms.